The Balaban J connectivity index is 1.78. The molecule has 1 aliphatic rings. The van der Waals surface area contributed by atoms with Crippen molar-refractivity contribution in [1.82, 2.24) is 19.5 Å². The van der Waals surface area contributed by atoms with Gasteiger partial charge < -0.3 is 4.74 Å². The van der Waals surface area contributed by atoms with Crippen LogP contribution in [0, 0.1) is 0 Å². The molecule has 0 aliphatic heterocycles. The first-order valence-corrected chi connectivity index (χ1v) is 10.1. The van der Waals surface area contributed by atoms with Crippen molar-refractivity contribution in [3.05, 3.63) is 35.1 Å². The molecule has 9 heteroatoms. The van der Waals surface area contributed by atoms with Gasteiger partial charge in [0.05, 0.1) is 10.9 Å². The van der Waals surface area contributed by atoms with Gasteiger partial charge in [-0.3, -0.25) is 4.57 Å². The number of benzene rings is 1. The van der Waals surface area contributed by atoms with Crippen LogP contribution in [0.3, 0.4) is 0 Å². The van der Waals surface area contributed by atoms with Crippen molar-refractivity contribution >= 4 is 21.6 Å². The summed E-state index contributed by atoms with van der Waals surface area (Å²) in [7, 11) is -3.69. The van der Waals surface area contributed by atoms with E-state index in [2.05, 4.69) is 14.9 Å². The van der Waals surface area contributed by atoms with Gasteiger partial charge in [0.2, 0.25) is 10.0 Å². The molecule has 0 saturated heterocycles. The number of hydrogen-bond donors (Lipinski definition) is 1. The fraction of sp³-hybridized carbons (Fsp3) is 0.500. The SMILES string of the molecule is CCn1c(OC2CCC2)nnc1[C@@H](C)NS(=O)(=O)c1ccc(Cl)cc1. The average molecular weight is 385 g/mol. The lowest BCUT2D eigenvalue weighted by Crippen LogP contribution is -2.29. The van der Waals surface area contributed by atoms with Crippen molar-refractivity contribution in [2.24, 2.45) is 0 Å². The summed E-state index contributed by atoms with van der Waals surface area (Å²) in [4.78, 5) is 0.150. The van der Waals surface area contributed by atoms with E-state index >= 15 is 0 Å². The quantitative estimate of drug-likeness (QED) is 0.793. The minimum atomic E-state index is -3.69. The zero-order valence-electron chi connectivity index (χ0n) is 14.1. The van der Waals surface area contributed by atoms with Gasteiger partial charge in [0.15, 0.2) is 5.82 Å². The predicted molar refractivity (Wildman–Crippen MR) is 94.2 cm³/mol. The Morgan fingerprint density at radius 1 is 1.32 bits per heavy atom. The Kier molecular flexibility index (Phi) is 5.31. The Hall–Kier alpha value is -1.64. The molecule has 0 unspecified atom stereocenters. The summed E-state index contributed by atoms with van der Waals surface area (Å²) >= 11 is 5.81. The van der Waals surface area contributed by atoms with Gasteiger partial charge in [-0.05, 0) is 57.4 Å². The summed E-state index contributed by atoms with van der Waals surface area (Å²) in [6, 6.07) is 5.91. The van der Waals surface area contributed by atoms with E-state index in [1.165, 1.54) is 12.1 Å². The molecule has 1 heterocycles. The third kappa shape index (κ3) is 3.96. The van der Waals surface area contributed by atoms with Gasteiger partial charge in [0, 0.05) is 11.6 Å². The number of ether oxygens (including phenoxy) is 1. The normalized spacial score (nSPS) is 16.4. The van der Waals surface area contributed by atoms with E-state index in [-0.39, 0.29) is 11.0 Å². The largest absolute Gasteiger partial charge is 0.460 e. The third-order valence-corrected chi connectivity index (χ3v) is 6.04. The molecule has 0 spiro atoms. The van der Waals surface area contributed by atoms with Crippen LogP contribution in [0.15, 0.2) is 29.2 Å². The molecule has 1 aliphatic carbocycles. The van der Waals surface area contributed by atoms with Crippen molar-refractivity contribution < 1.29 is 13.2 Å². The minimum Gasteiger partial charge on any atom is -0.460 e. The zero-order chi connectivity index (χ0) is 18.0. The van der Waals surface area contributed by atoms with Gasteiger partial charge in [-0.25, -0.2) is 13.1 Å². The molecule has 0 amide bonds. The van der Waals surface area contributed by atoms with Crippen LogP contribution in [-0.2, 0) is 16.6 Å². The first-order valence-electron chi connectivity index (χ1n) is 8.28. The highest BCUT2D eigenvalue weighted by atomic mass is 35.5. The highest BCUT2D eigenvalue weighted by molar-refractivity contribution is 7.89. The number of nitrogens with one attached hydrogen (secondary N) is 1. The molecule has 7 nitrogen and oxygen atoms in total. The first-order chi connectivity index (χ1) is 11.9. The van der Waals surface area contributed by atoms with Crippen LogP contribution < -0.4 is 9.46 Å². The summed E-state index contributed by atoms with van der Waals surface area (Å²) in [5, 5.41) is 8.69. The molecule has 25 heavy (non-hydrogen) atoms. The van der Waals surface area contributed by atoms with Gasteiger partial charge >= 0.3 is 6.01 Å². The second-order valence-corrected chi connectivity index (χ2v) is 8.20. The molecule has 1 saturated carbocycles. The number of aromatic nitrogens is 3. The van der Waals surface area contributed by atoms with Gasteiger partial charge in [-0.15, -0.1) is 5.10 Å². The second-order valence-electron chi connectivity index (χ2n) is 6.05. The lowest BCUT2D eigenvalue weighted by atomic mass is 9.96. The average Bonchev–Trinajstić information content (AvgIpc) is 2.93. The summed E-state index contributed by atoms with van der Waals surface area (Å²) < 4.78 is 35.3. The standard InChI is InChI=1S/C16H21ClN4O3S/c1-3-21-15(18-19-16(21)24-13-5-4-6-13)11(2)20-25(22,23)14-9-7-12(17)8-10-14/h7-11,13,20H,3-6H2,1-2H3/t11-/m1/s1. The maximum Gasteiger partial charge on any atom is 0.317 e. The molecular formula is C16H21ClN4O3S. The van der Waals surface area contributed by atoms with Crippen molar-refractivity contribution in [3.8, 4) is 6.01 Å². The highest BCUT2D eigenvalue weighted by Gasteiger charge is 2.26. The zero-order valence-corrected chi connectivity index (χ0v) is 15.7. The fourth-order valence-electron chi connectivity index (χ4n) is 2.61. The highest BCUT2D eigenvalue weighted by Crippen LogP contribution is 2.26. The van der Waals surface area contributed by atoms with Gasteiger partial charge in [-0.2, -0.15) is 0 Å². The summed E-state index contributed by atoms with van der Waals surface area (Å²) in [6.07, 6.45) is 3.38. The number of sulfonamides is 1. The Morgan fingerprint density at radius 3 is 2.56 bits per heavy atom. The van der Waals surface area contributed by atoms with Crippen LogP contribution in [0.5, 0.6) is 6.01 Å². The molecule has 1 aromatic carbocycles. The van der Waals surface area contributed by atoms with E-state index in [1.54, 1.807) is 23.6 Å². The van der Waals surface area contributed by atoms with Crippen LogP contribution in [0.1, 0.15) is 45.0 Å². The topological polar surface area (TPSA) is 86.1 Å². The molecule has 3 rings (SSSR count). The van der Waals surface area contributed by atoms with Crippen LogP contribution in [0.4, 0.5) is 0 Å². The molecule has 1 aromatic heterocycles. The van der Waals surface area contributed by atoms with Crippen molar-refractivity contribution in [3.63, 3.8) is 0 Å². The molecule has 0 bridgehead atoms. The van der Waals surface area contributed by atoms with E-state index in [0.717, 1.165) is 19.3 Å². The third-order valence-electron chi connectivity index (χ3n) is 4.23. The molecule has 1 N–H and O–H groups in total. The van der Waals surface area contributed by atoms with E-state index in [1.807, 2.05) is 6.92 Å². The molecule has 136 valence electrons. The Bertz CT molecular complexity index is 832. The number of halogens is 1. The van der Waals surface area contributed by atoms with E-state index in [0.29, 0.717) is 23.4 Å². The van der Waals surface area contributed by atoms with Crippen molar-refractivity contribution in [1.29, 1.82) is 0 Å². The number of hydrogen-bond acceptors (Lipinski definition) is 5. The lowest BCUT2D eigenvalue weighted by Gasteiger charge is -2.25. The first kappa shape index (κ1) is 18.2. The second kappa shape index (κ2) is 7.31. The lowest BCUT2D eigenvalue weighted by molar-refractivity contribution is 0.103. The smallest absolute Gasteiger partial charge is 0.317 e. The van der Waals surface area contributed by atoms with Gasteiger partial charge in [0.25, 0.3) is 0 Å². The molecule has 2 aromatic rings. The van der Waals surface area contributed by atoms with Crippen LogP contribution >= 0.6 is 11.6 Å². The summed E-state index contributed by atoms with van der Waals surface area (Å²) in [5.41, 5.74) is 0. The Labute approximate surface area is 152 Å². The number of nitrogens with zero attached hydrogens (tertiary/aromatic N) is 3. The molecular weight excluding hydrogens is 364 g/mol. The monoisotopic (exact) mass is 384 g/mol. The molecule has 1 atom stereocenters. The van der Waals surface area contributed by atoms with Crippen molar-refractivity contribution in [2.75, 3.05) is 0 Å². The van der Waals surface area contributed by atoms with E-state index in [9.17, 15) is 8.42 Å². The maximum absolute atomic E-state index is 12.5. The maximum atomic E-state index is 12.5. The minimum absolute atomic E-state index is 0.150. The van der Waals surface area contributed by atoms with E-state index in [4.69, 9.17) is 16.3 Å². The van der Waals surface area contributed by atoms with Crippen LogP contribution in [0.25, 0.3) is 0 Å². The van der Waals surface area contributed by atoms with Gasteiger partial charge in [0.1, 0.15) is 6.10 Å². The predicted octanol–water partition coefficient (Wildman–Crippen LogP) is 2.92. The van der Waals surface area contributed by atoms with Crippen molar-refractivity contribution in [2.45, 2.75) is 56.7 Å². The van der Waals surface area contributed by atoms with Crippen LogP contribution in [0.2, 0.25) is 5.02 Å². The van der Waals surface area contributed by atoms with Gasteiger partial charge in [-0.1, -0.05) is 16.7 Å². The van der Waals surface area contributed by atoms with E-state index < -0.39 is 16.1 Å². The summed E-state index contributed by atoms with van der Waals surface area (Å²) in [5.74, 6) is 0.523. The Morgan fingerprint density at radius 2 is 2.00 bits per heavy atom. The number of rotatable bonds is 7. The fourth-order valence-corrected chi connectivity index (χ4v) is 3.94. The summed E-state index contributed by atoms with van der Waals surface area (Å²) in [6.45, 7) is 4.27. The molecule has 1 fully saturated rings. The van der Waals surface area contributed by atoms with Crippen LogP contribution in [-0.4, -0.2) is 29.3 Å². The molecule has 0 radical (unpaired) electrons.